The van der Waals surface area contributed by atoms with Crippen molar-refractivity contribution in [1.29, 1.82) is 0 Å². The van der Waals surface area contributed by atoms with Gasteiger partial charge in [0.05, 0.1) is 17.3 Å². The van der Waals surface area contributed by atoms with E-state index in [1.165, 1.54) is 28.2 Å². The highest BCUT2D eigenvalue weighted by Crippen LogP contribution is 2.44. The number of nitrogens with zero attached hydrogens (tertiary/aromatic N) is 3. The number of likely N-dealkylation sites (tertiary alicyclic amines) is 1. The van der Waals surface area contributed by atoms with Crippen LogP contribution < -0.4 is 0 Å². The zero-order chi connectivity index (χ0) is 21.8. The van der Waals surface area contributed by atoms with E-state index < -0.39 is 11.6 Å². The Balaban J connectivity index is 1.71. The number of rotatable bonds is 5. The van der Waals surface area contributed by atoms with E-state index in [0.717, 1.165) is 17.8 Å². The summed E-state index contributed by atoms with van der Waals surface area (Å²) >= 11 is 1.33. The molecule has 0 spiro atoms. The molecular weight excluding hydrogens is 414 g/mol. The van der Waals surface area contributed by atoms with Crippen molar-refractivity contribution in [2.45, 2.75) is 18.1 Å². The number of piperidine rings is 1. The Morgan fingerprint density at radius 3 is 1.84 bits per heavy atom. The smallest absolute Gasteiger partial charge is 0.0982 e. The molecule has 160 valence electrons. The predicted octanol–water partition coefficient (Wildman–Crippen LogP) is 4.98. The minimum atomic E-state index is -0.483. The first-order valence-corrected chi connectivity index (χ1v) is 11.7. The molecule has 1 unspecified atom stereocenters. The lowest BCUT2D eigenvalue weighted by molar-refractivity contribution is 0.0872. The van der Waals surface area contributed by atoms with Gasteiger partial charge >= 0.3 is 0 Å². The average molecular weight is 440 g/mol. The average Bonchev–Trinajstić information content (AvgIpc) is 3.37. The fraction of sp³-hybridized carbons (Fsp3) is 0.185. The summed E-state index contributed by atoms with van der Waals surface area (Å²) < 4.78 is 3.98. The van der Waals surface area contributed by atoms with Crippen LogP contribution in [0.3, 0.4) is 0 Å². The van der Waals surface area contributed by atoms with E-state index >= 15 is 0 Å². The van der Waals surface area contributed by atoms with Gasteiger partial charge in [-0.2, -0.15) is 0 Å². The second-order valence-corrected chi connectivity index (χ2v) is 8.69. The second kappa shape index (κ2) is 9.17. The molecule has 0 amide bonds. The normalized spacial score (nSPS) is 18.7. The molecule has 4 nitrogen and oxygen atoms in total. The van der Waals surface area contributed by atoms with E-state index in [4.69, 9.17) is 0 Å². The van der Waals surface area contributed by atoms with Crippen LogP contribution in [0.5, 0.6) is 0 Å². The molecule has 1 atom stereocenters. The largest absolute Gasteiger partial charge is 0.389 e. The minimum Gasteiger partial charge on any atom is -0.389 e. The lowest BCUT2D eigenvalue weighted by Gasteiger charge is -2.48. The zero-order valence-corrected chi connectivity index (χ0v) is 18.5. The summed E-state index contributed by atoms with van der Waals surface area (Å²) in [5.74, 6) is 0. The van der Waals surface area contributed by atoms with E-state index in [1.54, 1.807) is 0 Å². The van der Waals surface area contributed by atoms with Crippen molar-refractivity contribution >= 4 is 17.6 Å². The molecule has 1 fully saturated rings. The molecule has 0 bridgehead atoms. The summed E-state index contributed by atoms with van der Waals surface area (Å²) in [7, 11) is 0. The Morgan fingerprint density at radius 1 is 0.844 bits per heavy atom. The molecule has 0 aliphatic carbocycles. The van der Waals surface area contributed by atoms with Crippen molar-refractivity contribution in [2.24, 2.45) is 0 Å². The summed E-state index contributed by atoms with van der Waals surface area (Å²) in [6, 6.07) is 32.0. The Labute approximate surface area is 192 Å². The molecule has 1 aromatic heterocycles. The Kier molecular flexibility index (Phi) is 5.95. The lowest BCUT2D eigenvalue weighted by atomic mass is 9.74. The maximum Gasteiger partial charge on any atom is 0.0982 e. The highest BCUT2D eigenvalue weighted by Gasteiger charge is 2.44. The number of hydrogen-bond acceptors (Lipinski definition) is 5. The fourth-order valence-corrected chi connectivity index (χ4v) is 5.22. The minimum absolute atomic E-state index is 0.479. The van der Waals surface area contributed by atoms with Gasteiger partial charge in [-0.15, -0.1) is 5.10 Å². The number of aliphatic hydroxyl groups excluding tert-OH is 1. The predicted molar refractivity (Wildman–Crippen MR) is 129 cm³/mol. The third-order valence-corrected chi connectivity index (χ3v) is 6.76. The highest BCUT2D eigenvalue weighted by molar-refractivity contribution is 7.03. The van der Waals surface area contributed by atoms with E-state index in [0.29, 0.717) is 13.0 Å². The van der Waals surface area contributed by atoms with Gasteiger partial charge in [0.2, 0.25) is 0 Å². The van der Waals surface area contributed by atoms with E-state index in [2.05, 4.69) is 105 Å². The Hall–Kier alpha value is -3.12. The summed E-state index contributed by atoms with van der Waals surface area (Å²) in [5, 5.41) is 16.9. The topological polar surface area (TPSA) is 49.2 Å². The van der Waals surface area contributed by atoms with Gasteiger partial charge in [-0.25, -0.2) is 0 Å². The van der Waals surface area contributed by atoms with Gasteiger partial charge in [0.25, 0.3) is 0 Å². The molecular formula is C27H25N3OS. The van der Waals surface area contributed by atoms with Gasteiger partial charge < -0.3 is 5.11 Å². The molecule has 32 heavy (non-hydrogen) atoms. The van der Waals surface area contributed by atoms with Crippen LogP contribution in [0, 0.1) is 0 Å². The molecule has 5 rings (SSSR count). The quantitative estimate of drug-likeness (QED) is 0.446. The summed E-state index contributed by atoms with van der Waals surface area (Å²) in [5.41, 5.74) is 4.92. The summed E-state index contributed by atoms with van der Waals surface area (Å²) in [6.07, 6.45) is 2.18. The molecule has 1 aliphatic heterocycles. The molecule has 5 heteroatoms. The van der Waals surface area contributed by atoms with Gasteiger partial charge in [0.15, 0.2) is 0 Å². The van der Waals surface area contributed by atoms with E-state index in [1.807, 2.05) is 11.5 Å². The Bertz CT molecular complexity index is 1060. The van der Waals surface area contributed by atoms with Crippen molar-refractivity contribution in [3.8, 4) is 0 Å². The first-order valence-electron chi connectivity index (χ1n) is 10.9. The lowest BCUT2D eigenvalue weighted by Crippen LogP contribution is -2.52. The standard InChI is InChI=1S/C27H25N3OS/c31-26-16-17-30(19-21(26)18-25-20-32-29-28-25)27(22-10-4-1-5-11-22,23-12-6-2-7-13-23)24-14-8-3-9-15-24/h1-15,18,20,26,31H,16-17,19H2/b21-18-. The molecule has 4 aromatic rings. The van der Waals surface area contributed by atoms with Gasteiger partial charge in [-0.3, -0.25) is 4.90 Å². The van der Waals surface area contributed by atoms with Crippen LogP contribution in [-0.2, 0) is 5.54 Å². The van der Waals surface area contributed by atoms with Crippen LogP contribution >= 0.6 is 11.5 Å². The van der Waals surface area contributed by atoms with E-state index in [-0.39, 0.29) is 0 Å². The maximum absolute atomic E-state index is 10.8. The molecule has 1 N–H and O–H groups in total. The third kappa shape index (κ3) is 3.79. The van der Waals surface area contributed by atoms with Gasteiger partial charge in [-0.1, -0.05) is 95.5 Å². The highest BCUT2D eigenvalue weighted by atomic mass is 32.1. The van der Waals surface area contributed by atoms with Crippen LogP contribution in [0.25, 0.3) is 6.08 Å². The fourth-order valence-electron chi connectivity index (χ4n) is 4.81. The monoisotopic (exact) mass is 439 g/mol. The zero-order valence-electron chi connectivity index (χ0n) is 17.7. The van der Waals surface area contributed by atoms with Crippen molar-refractivity contribution in [1.82, 2.24) is 14.5 Å². The van der Waals surface area contributed by atoms with Crippen LogP contribution in [-0.4, -0.2) is 38.8 Å². The summed E-state index contributed by atoms with van der Waals surface area (Å²) in [4.78, 5) is 2.49. The molecule has 3 aromatic carbocycles. The second-order valence-electron chi connectivity index (χ2n) is 8.08. The molecule has 1 aliphatic rings. The maximum atomic E-state index is 10.8. The van der Waals surface area contributed by atoms with Crippen molar-refractivity contribution in [3.63, 3.8) is 0 Å². The van der Waals surface area contributed by atoms with Crippen LogP contribution in [0.15, 0.2) is 102 Å². The van der Waals surface area contributed by atoms with Crippen molar-refractivity contribution < 1.29 is 5.11 Å². The number of aromatic nitrogens is 2. The van der Waals surface area contributed by atoms with Crippen LogP contribution in [0.4, 0.5) is 0 Å². The molecule has 2 heterocycles. The first kappa shape index (κ1) is 20.8. The van der Waals surface area contributed by atoms with E-state index in [9.17, 15) is 5.11 Å². The van der Waals surface area contributed by atoms with Gasteiger partial charge in [0, 0.05) is 18.5 Å². The molecule has 0 radical (unpaired) electrons. The Morgan fingerprint density at radius 2 is 1.38 bits per heavy atom. The SMILES string of the molecule is OC1CCN(C(c2ccccc2)(c2ccccc2)c2ccccc2)C/C1=C/c1csnn1. The molecule has 0 saturated carbocycles. The third-order valence-electron chi connectivity index (χ3n) is 6.23. The molecule has 1 saturated heterocycles. The summed E-state index contributed by atoms with van der Waals surface area (Å²) in [6.45, 7) is 1.41. The number of hydrogen-bond donors (Lipinski definition) is 1. The van der Waals surface area contributed by atoms with Gasteiger partial charge in [-0.05, 0) is 46.3 Å². The first-order chi connectivity index (χ1) is 15.8. The number of aliphatic hydroxyl groups is 1. The van der Waals surface area contributed by atoms with Gasteiger partial charge in [0.1, 0.15) is 0 Å². The van der Waals surface area contributed by atoms with Crippen LogP contribution in [0.1, 0.15) is 28.8 Å². The number of benzene rings is 3. The van der Waals surface area contributed by atoms with Crippen molar-refractivity contribution in [2.75, 3.05) is 13.1 Å². The van der Waals surface area contributed by atoms with Crippen molar-refractivity contribution in [3.05, 3.63) is 124 Å². The van der Waals surface area contributed by atoms with Crippen LogP contribution in [0.2, 0.25) is 0 Å².